The molecule has 154 valence electrons. The maximum absolute atomic E-state index is 13.5. The molecule has 0 bridgehead atoms. The van der Waals surface area contributed by atoms with Gasteiger partial charge in [0, 0.05) is 17.9 Å². The van der Waals surface area contributed by atoms with Gasteiger partial charge in [-0.1, -0.05) is 11.6 Å². The number of likely N-dealkylation sites (N-methyl/N-ethyl adjacent to an activating group) is 1. The van der Waals surface area contributed by atoms with Gasteiger partial charge in [-0.15, -0.1) is 0 Å². The van der Waals surface area contributed by atoms with Crippen molar-refractivity contribution in [3.63, 3.8) is 0 Å². The zero-order valence-corrected chi connectivity index (χ0v) is 18.0. The molecule has 28 heavy (non-hydrogen) atoms. The third-order valence-electron chi connectivity index (χ3n) is 6.62. The van der Waals surface area contributed by atoms with Gasteiger partial charge < -0.3 is 14.5 Å². The van der Waals surface area contributed by atoms with Crippen molar-refractivity contribution in [1.29, 1.82) is 0 Å². The van der Waals surface area contributed by atoms with Crippen molar-refractivity contribution in [2.24, 2.45) is 0 Å². The average molecular weight is 408 g/mol. The predicted molar refractivity (Wildman–Crippen MR) is 112 cm³/mol. The van der Waals surface area contributed by atoms with Gasteiger partial charge in [-0.3, -0.25) is 4.79 Å². The lowest BCUT2D eigenvalue weighted by atomic mass is 10.0. The highest BCUT2D eigenvalue weighted by Gasteiger charge is 2.65. The lowest BCUT2D eigenvalue weighted by molar-refractivity contribution is -0.950. The minimum absolute atomic E-state index is 0.0345. The Morgan fingerprint density at radius 1 is 1.14 bits per heavy atom. The Labute approximate surface area is 173 Å². The molecule has 1 saturated carbocycles. The summed E-state index contributed by atoms with van der Waals surface area (Å²) < 4.78 is 6.06. The third kappa shape index (κ3) is 3.79. The first kappa shape index (κ1) is 21.1. The van der Waals surface area contributed by atoms with Crippen molar-refractivity contribution in [3.05, 3.63) is 28.3 Å². The quantitative estimate of drug-likeness (QED) is 0.549. The fourth-order valence-electron chi connectivity index (χ4n) is 4.89. The summed E-state index contributed by atoms with van der Waals surface area (Å²) in [5.74, 6) is -0.422. The van der Waals surface area contributed by atoms with Gasteiger partial charge in [0.05, 0.1) is 37.5 Å². The van der Waals surface area contributed by atoms with Gasteiger partial charge in [-0.05, 0) is 64.2 Å². The number of likely N-dealkylation sites (tertiary alicyclic amines) is 1. The second-order valence-corrected chi connectivity index (χ2v) is 8.61. The Morgan fingerprint density at radius 2 is 1.79 bits per heavy atom. The van der Waals surface area contributed by atoms with E-state index in [1.807, 2.05) is 6.92 Å². The number of anilines is 1. The minimum atomic E-state index is -0.456. The third-order valence-corrected chi connectivity index (χ3v) is 6.83. The number of carbonyl (C=O) groups excluding carboxylic acids is 2. The van der Waals surface area contributed by atoms with E-state index in [9.17, 15) is 9.59 Å². The van der Waals surface area contributed by atoms with Crippen LogP contribution in [0.1, 0.15) is 68.3 Å². The lowest BCUT2D eigenvalue weighted by Crippen LogP contribution is -2.62. The van der Waals surface area contributed by atoms with Crippen LogP contribution < -0.4 is 5.32 Å². The van der Waals surface area contributed by atoms with Crippen molar-refractivity contribution < 1.29 is 18.8 Å². The van der Waals surface area contributed by atoms with Crippen LogP contribution in [-0.4, -0.2) is 48.1 Å². The molecule has 1 amide bonds. The summed E-state index contributed by atoms with van der Waals surface area (Å²) in [4.78, 5) is 26.0. The van der Waals surface area contributed by atoms with Crippen LogP contribution in [0.4, 0.5) is 5.69 Å². The molecule has 1 heterocycles. The summed E-state index contributed by atoms with van der Waals surface area (Å²) in [5.41, 5.74) is 1.27. The Bertz CT molecular complexity index is 750. The molecule has 0 spiro atoms. The Kier molecular flexibility index (Phi) is 6.35. The van der Waals surface area contributed by atoms with E-state index >= 15 is 0 Å². The molecule has 0 aromatic heterocycles. The molecule has 1 aliphatic heterocycles. The van der Waals surface area contributed by atoms with Crippen molar-refractivity contribution in [3.8, 4) is 0 Å². The number of hydrogen-bond donors (Lipinski definition) is 1. The molecule has 1 aliphatic carbocycles. The van der Waals surface area contributed by atoms with Gasteiger partial charge in [0.15, 0.2) is 5.54 Å². The summed E-state index contributed by atoms with van der Waals surface area (Å²) >= 11 is 6.17. The standard InChI is InChI=1S/C22H31ClN2O3/c1-4-25(12-8-6-7-9-13-25)22(10-11-22)21(27)24-19-16(3)14-17(23)15-18(19)20(26)28-5-2/h14-15H,4-13H2,1-3H3/p+1. The van der Waals surface area contributed by atoms with Crippen LogP contribution in [0.15, 0.2) is 12.1 Å². The Hall–Kier alpha value is -1.59. The molecule has 1 aromatic rings. The fraction of sp³-hybridized carbons (Fsp3) is 0.636. The Balaban J connectivity index is 1.91. The topological polar surface area (TPSA) is 55.4 Å². The number of nitrogens with zero attached hydrogens (tertiary/aromatic N) is 1. The van der Waals surface area contributed by atoms with E-state index in [-0.39, 0.29) is 18.1 Å². The number of ether oxygens (including phenoxy) is 1. The molecule has 3 rings (SSSR count). The first-order chi connectivity index (χ1) is 13.4. The first-order valence-electron chi connectivity index (χ1n) is 10.5. The molecule has 1 saturated heterocycles. The fourth-order valence-corrected chi connectivity index (χ4v) is 5.16. The number of esters is 1. The maximum atomic E-state index is 13.5. The van der Waals surface area contributed by atoms with Crippen molar-refractivity contribution in [2.45, 2.75) is 64.8 Å². The van der Waals surface area contributed by atoms with Gasteiger partial charge in [-0.2, -0.15) is 0 Å². The molecule has 2 fully saturated rings. The second-order valence-electron chi connectivity index (χ2n) is 8.17. The first-order valence-corrected chi connectivity index (χ1v) is 10.9. The van der Waals surface area contributed by atoms with Crippen molar-refractivity contribution >= 4 is 29.2 Å². The van der Waals surface area contributed by atoms with Crippen LogP contribution in [0.5, 0.6) is 0 Å². The second kappa shape index (κ2) is 8.42. The highest BCUT2D eigenvalue weighted by atomic mass is 35.5. The molecule has 0 radical (unpaired) electrons. The molecule has 0 unspecified atom stereocenters. The SMILES string of the molecule is CCOC(=O)c1cc(Cl)cc(C)c1NC(=O)C1([N+]2(CC)CCCCCC2)CC1. The van der Waals surface area contributed by atoms with Gasteiger partial charge in [0.1, 0.15) is 0 Å². The number of nitrogens with one attached hydrogen (secondary N) is 1. The largest absolute Gasteiger partial charge is 0.462 e. The zero-order chi connectivity index (χ0) is 20.4. The maximum Gasteiger partial charge on any atom is 0.340 e. The molecule has 1 aromatic carbocycles. The van der Waals surface area contributed by atoms with Gasteiger partial charge >= 0.3 is 5.97 Å². The van der Waals surface area contributed by atoms with E-state index in [0.717, 1.165) is 42.5 Å². The molecule has 6 heteroatoms. The number of halogens is 1. The van der Waals surface area contributed by atoms with Crippen LogP contribution in [0.3, 0.4) is 0 Å². The van der Waals surface area contributed by atoms with Crippen molar-refractivity contribution in [2.75, 3.05) is 31.6 Å². The lowest BCUT2D eigenvalue weighted by Gasteiger charge is -2.43. The number of amides is 1. The van der Waals surface area contributed by atoms with Crippen LogP contribution in [-0.2, 0) is 9.53 Å². The summed E-state index contributed by atoms with van der Waals surface area (Å²) in [5, 5.41) is 3.57. The smallest absolute Gasteiger partial charge is 0.340 e. The number of benzene rings is 1. The van der Waals surface area contributed by atoms with E-state index in [4.69, 9.17) is 16.3 Å². The van der Waals surface area contributed by atoms with Crippen LogP contribution >= 0.6 is 11.6 Å². The molecular weight excluding hydrogens is 376 g/mol. The minimum Gasteiger partial charge on any atom is -0.462 e. The molecule has 0 atom stereocenters. The number of rotatable bonds is 6. The number of aryl methyl sites for hydroxylation is 1. The monoisotopic (exact) mass is 407 g/mol. The summed E-state index contributed by atoms with van der Waals surface area (Å²) in [6, 6.07) is 3.35. The number of quaternary nitrogens is 1. The molecule has 1 N–H and O–H groups in total. The summed E-state index contributed by atoms with van der Waals surface area (Å²) in [6.45, 7) is 9.20. The zero-order valence-electron chi connectivity index (χ0n) is 17.3. The van der Waals surface area contributed by atoms with E-state index in [2.05, 4.69) is 12.2 Å². The highest BCUT2D eigenvalue weighted by molar-refractivity contribution is 6.31. The predicted octanol–water partition coefficient (Wildman–Crippen LogP) is 4.71. The van der Waals surface area contributed by atoms with Crippen LogP contribution in [0.25, 0.3) is 0 Å². The normalized spacial score (nSPS) is 20.1. The van der Waals surface area contributed by atoms with E-state index in [0.29, 0.717) is 16.3 Å². The number of carbonyl (C=O) groups is 2. The van der Waals surface area contributed by atoms with E-state index in [1.54, 1.807) is 19.1 Å². The van der Waals surface area contributed by atoms with Gasteiger partial charge in [0.2, 0.25) is 0 Å². The molecule has 5 nitrogen and oxygen atoms in total. The van der Waals surface area contributed by atoms with E-state index in [1.165, 1.54) is 25.7 Å². The van der Waals surface area contributed by atoms with E-state index < -0.39 is 5.97 Å². The molecule has 2 aliphatic rings. The van der Waals surface area contributed by atoms with Gasteiger partial charge in [0.25, 0.3) is 5.91 Å². The van der Waals surface area contributed by atoms with Crippen molar-refractivity contribution in [1.82, 2.24) is 0 Å². The highest BCUT2D eigenvalue weighted by Crippen LogP contribution is 2.49. The van der Waals surface area contributed by atoms with Crippen LogP contribution in [0.2, 0.25) is 5.02 Å². The average Bonchev–Trinajstić information content (AvgIpc) is 3.48. The molecular formula is C22H32ClN2O3+. The Morgan fingerprint density at radius 3 is 2.32 bits per heavy atom. The summed E-state index contributed by atoms with van der Waals surface area (Å²) in [7, 11) is 0. The van der Waals surface area contributed by atoms with Gasteiger partial charge in [-0.25, -0.2) is 4.79 Å². The number of hydrogen-bond acceptors (Lipinski definition) is 3. The van der Waals surface area contributed by atoms with Crippen LogP contribution in [0, 0.1) is 6.92 Å². The summed E-state index contributed by atoms with van der Waals surface area (Å²) in [6.07, 6.45) is 6.68.